The van der Waals surface area contributed by atoms with Crippen molar-refractivity contribution in [3.8, 4) is 17.3 Å². The highest BCUT2D eigenvalue weighted by Gasteiger charge is 2.16. The summed E-state index contributed by atoms with van der Waals surface area (Å²) >= 11 is 0. The Bertz CT molecular complexity index is 884. The third-order valence-electron chi connectivity index (χ3n) is 4.36. The fraction of sp³-hybridized carbons (Fsp3) is 0.286. The molecule has 3 aromatic rings. The fourth-order valence-electron chi connectivity index (χ4n) is 3.01. The van der Waals surface area contributed by atoms with E-state index in [1.54, 1.807) is 0 Å². The molecule has 0 amide bonds. The number of fused-ring (bicyclic) bond motifs is 1. The molecule has 0 saturated carbocycles. The van der Waals surface area contributed by atoms with Crippen molar-refractivity contribution in [1.82, 2.24) is 4.98 Å². The highest BCUT2D eigenvalue weighted by atomic mass is 14.7. The van der Waals surface area contributed by atoms with Crippen LogP contribution in [0.3, 0.4) is 0 Å². The van der Waals surface area contributed by atoms with E-state index in [4.69, 9.17) is 0 Å². The molecule has 1 heterocycles. The molecule has 3 rings (SSSR count). The zero-order chi connectivity index (χ0) is 16.6. The minimum absolute atomic E-state index is 0.144. The zero-order valence-electron chi connectivity index (χ0n) is 14.2. The predicted octanol–water partition coefficient (Wildman–Crippen LogP) is 5.51. The summed E-state index contributed by atoms with van der Waals surface area (Å²) in [6.45, 7) is 8.74. The summed E-state index contributed by atoms with van der Waals surface area (Å²) < 4.78 is 0. The van der Waals surface area contributed by atoms with Crippen LogP contribution in [0.25, 0.3) is 22.2 Å². The number of hydrogen-bond donors (Lipinski definition) is 1. The van der Waals surface area contributed by atoms with Gasteiger partial charge in [-0.15, -0.1) is 0 Å². The lowest BCUT2D eigenvalue weighted by atomic mass is 9.86. The molecule has 0 aliphatic rings. The smallest absolute Gasteiger partial charge is 0.0670 e. The van der Waals surface area contributed by atoms with E-state index in [9.17, 15) is 5.26 Å². The standard InChI is InChI=1S/C21H22N2/c1-14-5-10-19-18(13-14)17(11-12-22)20(23-19)15-6-8-16(9-7-15)21(2,3)4/h5-10,13,23H,11H2,1-4H3. The maximum atomic E-state index is 9.23. The van der Waals surface area contributed by atoms with Gasteiger partial charge in [-0.1, -0.05) is 56.7 Å². The number of aromatic nitrogens is 1. The van der Waals surface area contributed by atoms with Crippen LogP contribution in [-0.2, 0) is 11.8 Å². The van der Waals surface area contributed by atoms with Gasteiger partial charge in [0.15, 0.2) is 0 Å². The van der Waals surface area contributed by atoms with Gasteiger partial charge in [-0.05, 0) is 41.2 Å². The summed E-state index contributed by atoms with van der Waals surface area (Å²) in [7, 11) is 0. The van der Waals surface area contributed by atoms with Crippen LogP contribution in [0, 0.1) is 18.3 Å². The maximum absolute atomic E-state index is 9.23. The van der Waals surface area contributed by atoms with Crippen molar-refractivity contribution in [3.05, 3.63) is 59.2 Å². The molecule has 0 spiro atoms. The Morgan fingerprint density at radius 2 is 1.74 bits per heavy atom. The second kappa shape index (κ2) is 5.59. The number of H-pyrrole nitrogens is 1. The van der Waals surface area contributed by atoms with E-state index in [1.165, 1.54) is 11.1 Å². The van der Waals surface area contributed by atoms with Crippen LogP contribution in [0.4, 0.5) is 0 Å². The summed E-state index contributed by atoms with van der Waals surface area (Å²) in [6, 6.07) is 17.3. The Morgan fingerprint density at radius 3 is 2.35 bits per heavy atom. The Morgan fingerprint density at radius 1 is 1.04 bits per heavy atom. The van der Waals surface area contributed by atoms with Gasteiger partial charge in [-0.2, -0.15) is 5.26 Å². The molecule has 0 aliphatic carbocycles. The van der Waals surface area contributed by atoms with Crippen molar-refractivity contribution in [3.63, 3.8) is 0 Å². The Balaban J connectivity index is 2.16. The number of nitrogens with zero attached hydrogens (tertiary/aromatic N) is 1. The molecule has 1 N–H and O–H groups in total. The Kier molecular flexibility index (Phi) is 3.74. The third kappa shape index (κ3) is 2.87. The molecule has 23 heavy (non-hydrogen) atoms. The maximum Gasteiger partial charge on any atom is 0.0670 e. The van der Waals surface area contributed by atoms with Crippen LogP contribution in [-0.4, -0.2) is 4.98 Å². The van der Waals surface area contributed by atoms with Crippen molar-refractivity contribution in [2.45, 2.75) is 39.5 Å². The average molecular weight is 302 g/mol. The topological polar surface area (TPSA) is 39.6 Å². The Labute approximate surface area is 137 Å². The first-order valence-electron chi connectivity index (χ1n) is 7.99. The van der Waals surface area contributed by atoms with Gasteiger partial charge < -0.3 is 4.98 Å². The summed E-state index contributed by atoms with van der Waals surface area (Å²) in [5.74, 6) is 0. The molecule has 116 valence electrons. The van der Waals surface area contributed by atoms with Crippen LogP contribution in [0.5, 0.6) is 0 Å². The number of benzene rings is 2. The summed E-state index contributed by atoms with van der Waals surface area (Å²) in [5, 5.41) is 10.4. The molecule has 0 saturated heterocycles. The molecule has 2 nitrogen and oxygen atoms in total. The van der Waals surface area contributed by atoms with E-state index in [1.807, 2.05) is 0 Å². The molecule has 1 aromatic heterocycles. The first-order valence-corrected chi connectivity index (χ1v) is 7.99. The second-order valence-corrected chi connectivity index (χ2v) is 7.19. The first kappa shape index (κ1) is 15.4. The van der Waals surface area contributed by atoms with Crippen molar-refractivity contribution in [2.24, 2.45) is 0 Å². The molecular formula is C21H22N2. The van der Waals surface area contributed by atoms with Gasteiger partial charge in [0.2, 0.25) is 0 Å². The van der Waals surface area contributed by atoms with Crippen LogP contribution in [0.2, 0.25) is 0 Å². The molecule has 0 radical (unpaired) electrons. The minimum atomic E-state index is 0.144. The number of nitriles is 1. The number of nitrogens with one attached hydrogen (secondary N) is 1. The number of hydrogen-bond acceptors (Lipinski definition) is 1. The van der Waals surface area contributed by atoms with Gasteiger partial charge in [0.1, 0.15) is 0 Å². The van der Waals surface area contributed by atoms with Crippen molar-refractivity contribution < 1.29 is 0 Å². The minimum Gasteiger partial charge on any atom is -0.354 e. The van der Waals surface area contributed by atoms with Gasteiger partial charge in [0.05, 0.1) is 18.2 Å². The van der Waals surface area contributed by atoms with E-state index < -0.39 is 0 Å². The van der Waals surface area contributed by atoms with Gasteiger partial charge in [0.25, 0.3) is 0 Å². The van der Waals surface area contributed by atoms with Gasteiger partial charge in [0, 0.05) is 10.9 Å². The normalized spacial score (nSPS) is 11.6. The molecule has 0 atom stereocenters. The molecular weight excluding hydrogens is 280 g/mol. The van der Waals surface area contributed by atoms with Crippen molar-refractivity contribution in [1.29, 1.82) is 5.26 Å². The molecule has 0 bridgehead atoms. The lowest BCUT2D eigenvalue weighted by molar-refractivity contribution is 0.590. The van der Waals surface area contributed by atoms with Crippen LogP contribution in [0.15, 0.2) is 42.5 Å². The highest BCUT2D eigenvalue weighted by molar-refractivity contribution is 5.91. The van der Waals surface area contributed by atoms with Crippen molar-refractivity contribution >= 4 is 10.9 Å². The summed E-state index contributed by atoms with van der Waals surface area (Å²) in [6.07, 6.45) is 0.416. The van der Waals surface area contributed by atoms with Crippen LogP contribution < -0.4 is 0 Å². The van der Waals surface area contributed by atoms with E-state index in [0.717, 1.165) is 27.7 Å². The van der Waals surface area contributed by atoms with E-state index >= 15 is 0 Å². The lowest BCUT2D eigenvalue weighted by Gasteiger charge is -2.19. The highest BCUT2D eigenvalue weighted by Crippen LogP contribution is 2.32. The number of aryl methyl sites for hydroxylation is 1. The van der Waals surface area contributed by atoms with E-state index in [0.29, 0.717) is 6.42 Å². The van der Waals surface area contributed by atoms with Crippen LogP contribution >= 0.6 is 0 Å². The SMILES string of the molecule is Cc1ccc2[nH]c(-c3ccc(C(C)(C)C)cc3)c(CC#N)c2c1. The molecule has 2 heteroatoms. The quantitative estimate of drug-likeness (QED) is 0.666. The largest absolute Gasteiger partial charge is 0.354 e. The fourth-order valence-corrected chi connectivity index (χ4v) is 3.01. The second-order valence-electron chi connectivity index (χ2n) is 7.19. The predicted molar refractivity (Wildman–Crippen MR) is 96.5 cm³/mol. The lowest BCUT2D eigenvalue weighted by Crippen LogP contribution is -2.10. The molecule has 0 unspecified atom stereocenters. The van der Waals surface area contributed by atoms with E-state index in [-0.39, 0.29) is 5.41 Å². The molecule has 2 aromatic carbocycles. The van der Waals surface area contributed by atoms with E-state index in [2.05, 4.69) is 81.2 Å². The zero-order valence-corrected chi connectivity index (χ0v) is 14.2. The monoisotopic (exact) mass is 302 g/mol. The van der Waals surface area contributed by atoms with Crippen molar-refractivity contribution in [2.75, 3.05) is 0 Å². The van der Waals surface area contributed by atoms with Crippen LogP contribution in [0.1, 0.15) is 37.5 Å². The van der Waals surface area contributed by atoms with Gasteiger partial charge in [-0.3, -0.25) is 0 Å². The first-order chi connectivity index (χ1) is 10.9. The average Bonchev–Trinajstić information content (AvgIpc) is 2.85. The molecule has 0 aliphatic heterocycles. The van der Waals surface area contributed by atoms with Gasteiger partial charge in [-0.25, -0.2) is 0 Å². The summed E-state index contributed by atoms with van der Waals surface area (Å²) in [5.41, 5.74) is 7.06. The summed E-state index contributed by atoms with van der Waals surface area (Å²) in [4.78, 5) is 3.50. The Hall–Kier alpha value is -2.53. The third-order valence-corrected chi connectivity index (χ3v) is 4.36. The molecule has 0 fully saturated rings. The van der Waals surface area contributed by atoms with Gasteiger partial charge >= 0.3 is 0 Å². The number of rotatable bonds is 2. The number of aromatic amines is 1.